The fourth-order valence-corrected chi connectivity index (χ4v) is 3.24. The molecular formula is C25H24F3N5O6. The van der Waals surface area contributed by atoms with Crippen LogP contribution in [0, 0.1) is 0 Å². The minimum atomic E-state index is -4.91. The molecule has 0 unspecified atom stereocenters. The maximum absolute atomic E-state index is 13.0. The highest BCUT2D eigenvalue weighted by molar-refractivity contribution is 6.01. The highest BCUT2D eigenvalue weighted by atomic mass is 19.4. The number of aromatic carboxylic acids is 1. The lowest BCUT2D eigenvalue weighted by molar-refractivity contribution is -0.274. The number of nitrogens with zero attached hydrogens (tertiary/aromatic N) is 4. The van der Waals surface area contributed by atoms with E-state index < -0.39 is 47.9 Å². The number of carbonyl (C=O) groups is 3. The number of nitrogens with one attached hydrogen (secondary N) is 1. The molecule has 0 radical (unpaired) electrons. The molecular weight excluding hydrogens is 523 g/mol. The van der Waals surface area contributed by atoms with Crippen LogP contribution in [0.5, 0.6) is 5.75 Å². The Balaban J connectivity index is 1.87. The van der Waals surface area contributed by atoms with Crippen molar-refractivity contribution in [1.82, 2.24) is 19.9 Å². The third-order valence-electron chi connectivity index (χ3n) is 4.75. The third-order valence-corrected chi connectivity index (χ3v) is 4.75. The molecule has 0 saturated carbocycles. The SMILES string of the molecule is CC(C)(C)OC(=O)N(CC(=O)Nc1cc(-c2cccc(OC(F)(F)F)c2)cnc1C(=O)O)Cc1ccncn1. The number of alkyl halides is 3. The number of pyridine rings is 1. The summed E-state index contributed by atoms with van der Waals surface area (Å²) < 4.78 is 47.2. The lowest BCUT2D eigenvalue weighted by Gasteiger charge is -2.27. The van der Waals surface area contributed by atoms with Gasteiger partial charge in [0.05, 0.1) is 17.9 Å². The number of anilines is 1. The van der Waals surface area contributed by atoms with E-state index in [1.807, 2.05) is 0 Å². The highest BCUT2D eigenvalue weighted by Gasteiger charge is 2.31. The predicted octanol–water partition coefficient (Wildman–Crippen LogP) is 4.51. The minimum Gasteiger partial charge on any atom is -0.476 e. The van der Waals surface area contributed by atoms with E-state index in [4.69, 9.17) is 4.74 Å². The number of hydrogen-bond acceptors (Lipinski definition) is 8. The smallest absolute Gasteiger partial charge is 0.476 e. The van der Waals surface area contributed by atoms with Crippen molar-refractivity contribution in [3.63, 3.8) is 0 Å². The van der Waals surface area contributed by atoms with Crippen molar-refractivity contribution in [1.29, 1.82) is 0 Å². The number of carboxylic acids is 1. The van der Waals surface area contributed by atoms with Gasteiger partial charge in [-0.1, -0.05) is 12.1 Å². The van der Waals surface area contributed by atoms with Crippen molar-refractivity contribution in [2.45, 2.75) is 39.3 Å². The van der Waals surface area contributed by atoms with Gasteiger partial charge in [-0.05, 0) is 50.6 Å². The maximum Gasteiger partial charge on any atom is 0.573 e. The van der Waals surface area contributed by atoms with Gasteiger partial charge in [0.1, 0.15) is 24.2 Å². The molecule has 14 heteroatoms. The highest BCUT2D eigenvalue weighted by Crippen LogP contribution is 2.30. The first-order valence-electron chi connectivity index (χ1n) is 11.3. The molecule has 0 bridgehead atoms. The van der Waals surface area contributed by atoms with Gasteiger partial charge in [0.15, 0.2) is 5.69 Å². The zero-order chi connectivity index (χ0) is 28.8. The molecule has 0 aliphatic heterocycles. The maximum atomic E-state index is 13.0. The van der Waals surface area contributed by atoms with Crippen LogP contribution in [0.1, 0.15) is 37.0 Å². The Kier molecular flexibility index (Phi) is 8.68. The average molecular weight is 547 g/mol. The molecule has 11 nitrogen and oxygen atoms in total. The van der Waals surface area contributed by atoms with Crippen LogP contribution >= 0.6 is 0 Å². The quantitative estimate of drug-likeness (QED) is 0.416. The third kappa shape index (κ3) is 8.94. The van der Waals surface area contributed by atoms with Gasteiger partial charge in [-0.15, -0.1) is 13.2 Å². The Labute approximate surface area is 220 Å². The molecule has 3 rings (SSSR count). The van der Waals surface area contributed by atoms with Crippen LogP contribution in [0.2, 0.25) is 0 Å². The summed E-state index contributed by atoms with van der Waals surface area (Å²) in [5, 5.41) is 12.0. The van der Waals surface area contributed by atoms with Crippen LogP contribution in [0.4, 0.5) is 23.7 Å². The topological polar surface area (TPSA) is 144 Å². The number of ether oxygens (including phenoxy) is 2. The number of carbonyl (C=O) groups excluding carboxylic acids is 2. The van der Waals surface area contributed by atoms with Crippen LogP contribution in [-0.4, -0.2) is 61.4 Å². The Morgan fingerprint density at radius 2 is 1.79 bits per heavy atom. The number of aromatic nitrogens is 3. The van der Waals surface area contributed by atoms with E-state index in [-0.39, 0.29) is 23.4 Å². The van der Waals surface area contributed by atoms with Gasteiger partial charge in [-0.2, -0.15) is 0 Å². The Hall–Kier alpha value is -4.75. The van der Waals surface area contributed by atoms with Crippen molar-refractivity contribution in [2.75, 3.05) is 11.9 Å². The Morgan fingerprint density at radius 1 is 1.05 bits per heavy atom. The van der Waals surface area contributed by atoms with Crippen LogP contribution in [-0.2, 0) is 16.1 Å². The van der Waals surface area contributed by atoms with Crippen molar-refractivity contribution in [2.24, 2.45) is 0 Å². The Bertz CT molecular complexity index is 1350. The normalized spacial score (nSPS) is 11.4. The summed E-state index contributed by atoms with van der Waals surface area (Å²) in [6, 6.07) is 7.74. The number of amides is 2. The summed E-state index contributed by atoms with van der Waals surface area (Å²) in [5.41, 5.74) is -0.785. The summed E-state index contributed by atoms with van der Waals surface area (Å²) in [6.45, 7) is 4.30. The molecule has 0 saturated heterocycles. The molecule has 2 amide bonds. The second-order valence-electron chi connectivity index (χ2n) is 9.09. The number of hydrogen-bond donors (Lipinski definition) is 2. The van der Waals surface area contributed by atoms with Crippen LogP contribution in [0.15, 0.2) is 55.1 Å². The fraction of sp³-hybridized carbons (Fsp3) is 0.280. The van der Waals surface area contributed by atoms with E-state index >= 15 is 0 Å². The first kappa shape index (κ1) is 28.8. The van der Waals surface area contributed by atoms with Gasteiger partial charge >= 0.3 is 18.4 Å². The summed E-state index contributed by atoms with van der Waals surface area (Å²) in [7, 11) is 0. The number of rotatable bonds is 8. The largest absolute Gasteiger partial charge is 0.573 e. The van der Waals surface area contributed by atoms with Crippen molar-refractivity contribution >= 4 is 23.7 Å². The van der Waals surface area contributed by atoms with E-state index in [1.54, 1.807) is 26.8 Å². The van der Waals surface area contributed by atoms with Crippen LogP contribution in [0.25, 0.3) is 11.1 Å². The monoisotopic (exact) mass is 547 g/mol. The predicted molar refractivity (Wildman–Crippen MR) is 131 cm³/mol. The molecule has 0 atom stereocenters. The molecule has 0 spiro atoms. The second-order valence-corrected chi connectivity index (χ2v) is 9.09. The lowest BCUT2D eigenvalue weighted by Crippen LogP contribution is -2.41. The molecule has 206 valence electrons. The van der Waals surface area contributed by atoms with E-state index in [0.29, 0.717) is 5.69 Å². The molecule has 0 fully saturated rings. The van der Waals surface area contributed by atoms with E-state index in [2.05, 4.69) is 25.0 Å². The fourth-order valence-electron chi connectivity index (χ4n) is 3.24. The molecule has 39 heavy (non-hydrogen) atoms. The zero-order valence-electron chi connectivity index (χ0n) is 21.0. The summed E-state index contributed by atoms with van der Waals surface area (Å²) in [4.78, 5) is 50.2. The van der Waals surface area contributed by atoms with Gasteiger partial charge in [0.25, 0.3) is 0 Å². The average Bonchev–Trinajstić information content (AvgIpc) is 2.82. The Morgan fingerprint density at radius 3 is 2.41 bits per heavy atom. The summed E-state index contributed by atoms with van der Waals surface area (Å²) in [6.07, 6.45) is -1.86. The van der Waals surface area contributed by atoms with Crippen LogP contribution < -0.4 is 10.1 Å². The van der Waals surface area contributed by atoms with E-state index in [9.17, 15) is 32.7 Å². The first-order chi connectivity index (χ1) is 18.2. The standard InChI is InChI=1S/C25H24F3N5O6/c1-24(2,3)39-23(37)33(12-17-7-8-29-14-31-17)13-20(34)32-19-10-16(11-30-21(19)22(35)36)15-5-4-6-18(9-15)38-25(26,27)28/h4-11,14H,12-13H2,1-3H3,(H,32,34)(H,35,36). The van der Waals surface area contributed by atoms with Gasteiger partial charge in [0.2, 0.25) is 5.91 Å². The van der Waals surface area contributed by atoms with Gasteiger partial charge < -0.3 is 19.9 Å². The minimum absolute atomic E-state index is 0.110. The van der Waals surface area contributed by atoms with Crippen LogP contribution in [0.3, 0.4) is 0 Å². The van der Waals surface area contributed by atoms with Gasteiger partial charge in [0, 0.05) is 18.0 Å². The number of halogens is 3. The molecule has 2 aromatic heterocycles. The molecule has 1 aromatic carbocycles. The summed E-state index contributed by atoms with van der Waals surface area (Å²) in [5.74, 6) is -2.74. The number of benzene rings is 1. The zero-order valence-corrected chi connectivity index (χ0v) is 21.0. The summed E-state index contributed by atoms with van der Waals surface area (Å²) >= 11 is 0. The van der Waals surface area contributed by atoms with Gasteiger partial charge in [-0.25, -0.2) is 24.5 Å². The molecule has 0 aliphatic rings. The van der Waals surface area contributed by atoms with Crippen molar-refractivity contribution in [3.05, 3.63) is 66.5 Å². The first-order valence-corrected chi connectivity index (χ1v) is 11.3. The molecule has 2 N–H and O–H groups in total. The van der Waals surface area contributed by atoms with E-state index in [1.165, 1.54) is 30.7 Å². The number of carboxylic acid groups (broad SMARTS) is 1. The lowest BCUT2D eigenvalue weighted by atomic mass is 10.1. The molecule has 2 heterocycles. The van der Waals surface area contributed by atoms with Crippen molar-refractivity contribution in [3.8, 4) is 16.9 Å². The molecule has 3 aromatic rings. The van der Waals surface area contributed by atoms with Gasteiger partial charge in [-0.3, -0.25) is 9.69 Å². The molecule has 0 aliphatic carbocycles. The second kappa shape index (κ2) is 11.8. The van der Waals surface area contributed by atoms with Crippen molar-refractivity contribution < 1.29 is 42.1 Å². The van der Waals surface area contributed by atoms with E-state index in [0.717, 1.165) is 23.2 Å².